The molecule has 36 heavy (non-hydrogen) atoms. The summed E-state index contributed by atoms with van der Waals surface area (Å²) >= 11 is 0. The Labute approximate surface area is 208 Å². The lowest BCUT2D eigenvalue weighted by Crippen LogP contribution is -2.24. The van der Waals surface area contributed by atoms with Crippen molar-refractivity contribution in [2.75, 3.05) is 5.73 Å². The van der Waals surface area contributed by atoms with Crippen molar-refractivity contribution in [3.8, 4) is 23.1 Å². The van der Waals surface area contributed by atoms with Gasteiger partial charge in [-0.05, 0) is 54.1 Å². The van der Waals surface area contributed by atoms with Crippen molar-refractivity contribution in [2.45, 2.75) is 20.4 Å². The molecular formula is C27H24N8O. The van der Waals surface area contributed by atoms with Crippen molar-refractivity contribution in [1.82, 2.24) is 29.8 Å². The van der Waals surface area contributed by atoms with Gasteiger partial charge >= 0.3 is 0 Å². The van der Waals surface area contributed by atoms with E-state index in [1.54, 1.807) is 24.5 Å². The van der Waals surface area contributed by atoms with Gasteiger partial charge in [-0.3, -0.25) is 9.36 Å². The van der Waals surface area contributed by atoms with E-state index >= 15 is 0 Å². The van der Waals surface area contributed by atoms with Gasteiger partial charge in [-0.15, -0.1) is 0 Å². The van der Waals surface area contributed by atoms with Gasteiger partial charge in [-0.2, -0.15) is 5.26 Å². The summed E-state index contributed by atoms with van der Waals surface area (Å²) in [6.07, 6.45) is 4.84. The largest absolute Gasteiger partial charge is 0.383 e. The molecule has 0 aliphatic carbocycles. The highest BCUT2D eigenvalue weighted by atomic mass is 16.1. The van der Waals surface area contributed by atoms with Crippen LogP contribution in [0.25, 0.3) is 28.2 Å². The van der Waals surface area contributed by atoms with Crippen LogP contribution in [-0.2, 0) is 6.54 Å². The van der Waals surface area contributed by atoms with Crippen LogP contribution < -0.4 is 11.1 Å². The minimum atomic E-state index is -0.354. The highest BCUT2D eigenvalue weighted by Crippen LogP contribution is 2.30. The third-order valence-electron chi connectivity index (χ3n) is 5.30. The summed E-state index contributed by atoms with van der Waals surface area (Å²) in [5.41, 5.74) is 10.3. The fourth-order valence-electron chi connectivity index (χ4n) is 3.66. The SMILES string of the molecule is CC.N#Cc1ncccc1C(=O)NCc1ccc(-n2c(-c3cccnc3N)nc3cccnc32)cc1. The number of nitrogens with one attached hydrogen (secondary N) is 1. The number of hydrogen-bond acceptors (Lipinski definition) is 7. The van der Waals surface area contributed by atoms with Crippen molar-refractivity contribution in [3.63, 3.8) is 0 Å². The number of imidazole rings is 1. The van der Waals surface area contributed by atoms with Gasteiger partial charge in [0.2, 0.25) is 0 Å². The van der Waals surface area contributed by atoms with Gasteiger partial charge in [0, 0.05) is 30.8 Å². The molecule has 1 amide bonds. The topological polar surface area (TPSA) is 135 Å². The van der Waals surface area contributed by atoms with Crippen LogP contribution in [0.5, 0.6) is 0 Å². The zero-order valence-electron chi connectivity index (χ0n) is 19.9. The number of carbonyl (C=O) groups is 1. The van der Waals surface area contributed by atoms with Crippen molar-refractivity contribution < 1.29 is 4.79 Å². The fraction of sp³-hybridized carbons (Fsp3) is 0.111. The maximum Gasteiger partial charge on any atom is 0.254 e. The standard InChI is InChI=1S/C25H18N8O.C2H6/c26-14-21-18(4-1-11-28-21)25(34)31-15-16-7-9-17(10-8-16)33-23(19-5-2-12-29-22(19)27)32-20-6-3-13-30-24(20)33;1-2/h1-13H,15H2,(H2,27,29)(H,31,34);1-2H3. The number of carbonyl (C=O) groups excluding carboxylic acids is 1. The fourth-order valence-corrected chi connectivity index (χ4v) is 3.66. The summed E-state index contributed by atoms with van der Waals surface area (Å²) in [4.78, 5) is 29.9. The molecule has 0 fully saturated rings. The summed E-state index contributed by atoms with van der Waals surface area (Å²) in [5.74, 6) is 0.666. The first-order chi connectivity index (χ1) is 17.7. The Balaban J connectivity index is 0.00000148. The first-order valence-electron chi connectivity index (χ1n) is 11.4. The Morgan fingerprint density at radius 3 is 2.42 bits per heavy atom. The molecule has 4 aromatic heterocycles. The molecule has 0 radical (unpaired) electrons. The molecule has 178 valence electrons. The van der Waals surface area contributed by atoms with E-state index in [0.717, 1.165) is 16.8 Å². The second kappa shape index (κ2) is 10.9. The molecule has 0 aliphatic rings. The summed E-state index contributed by atoms with van der Waals surface area (Å²) in [6, 6.07) is 20.2. The number of nitrogens with two attached hydrogens (primary N) is 1. The molecule has 0 saturated carbocycles. The molecule has 0 bridgehead atoms. The van der Waals surface area contributed by atoms with Crippen molar-refractivity contribution in [1.29, 1.82) is 5.26 Å². The van der Waals surface area contributed by atoms with Gasteiger partial charge in [-0.1, -0.05) is 26.0 Å². The molecule has 0 saturated heterocycles. The predicted octanol–water partition coefficient (Wildman–Crippen LogP) is 4.29. The van der Waals surface area contributed by atoms with Crippen LogP contribution in [0, 0.1) is 11.3 Å². The van der Waals surface area contributed by atoms with Crippen molar-refractivity contribution in [2.24, 2.45) is 0 Å². The van der Waals surface area contributed by atoms with E-state index in [4.69, 9.17) is 16.0 Å². The van der Waals surface area contributed by atoms with Crippen LogP contribution in [0.15, 0.2) is 79.3 Å². The number of benzene rings is 1. The Bertz CT molecular complexity index is 1550. The van der Waals surface area contributed by atoms with Crippen LogP contribution in [-0.4, -0.2) is 30.4 Å². The lowest BCUT2D eigenvalue weighted by atomic mass is 10.1. The second-order valence-corrected chi connectivity index (χ2v) is 7.41. The lowest BCUT2D eigenvalue weighted by Gasteiger charge is -2.11. The maximum atomic E-state index is 12.5. The molecule has 0 atom stereocenters. The minimum Gasteiger partial charge on any atom is -0.383 e. The summed E-state index contributed by atoms with van der Waals surface area (Å²) in [6.45, 7) is 4.30. The molecule has 5 aromatic rings. The molecule has 3 N–H and O–H groups in total. The first kappa shape index (κ1) is 24.0. The van der Waals surface area contributed by atoms with Gasteiger partial charge in [0.1, 0.15) is 17.4 Å². The van der Waals surface area contributed by atoms with Crippen LogP contribution >= 0.6 is 0 Å². The Kier molecular flexibility index (Phi) is 7.27. The number of pyridine rings is 3. The van der Waals surface area contributed by atoms with Gasteiger partial charge < -0.3 is 11.1 Å². The van der Waals surface area contributed by atoms with E-state index in [1.165, 1.54) is 6.20 Å². The predicted molar refractivity (Wildman–Crippen MR) is 138 cm³/mol. The number of nitrogens with zero attached hydrogens (tertiary/aromatic N) is 6. The molecule has 4 heterocycles. The minimum absolute atomic E-state index is 0.0945. The van der Waals surface area contributed by atoms with Gasteiger partial charge in [-0.25, -0.2) is 19.9 Å². The second-order valence-electron chi connectivity index (χ2n) is 7.41. The third kappa shape index (κ3) is 4.74. The average molecular weight is 477 g/mol. The highest BCUT2D eigenvalue weighted by molar-refractivity contribution is 5.96. The van der Waals surface area contributed by atoms with Crippen LogP contribution in [0.3, 0.4) is 0 Å². The van der Waals surface area contributed by atoms with E-state index in [9.17, 15) is 4.79 Å². The molecule has 0 unspecified atom stereocenters. The highest BCUT2D eigenvalue weighted by Gasteiger charge is 2.17. The number of rotatable bonds is 5. The van der Waals surface area contributed by atoms with E-state index in [1.807, 2.05) is 73.0 Å². The monoisotopic (exact) mass is 476 g/mol. The number of amides is 1. The van der Waals surface area contributed by atoms with Gasteiger partial charge in [0.15, 0.2) is 17.2 Å². The molecule has 0 aliphatic heterocycles. The Morgan fingerprint density at radius 1 is 0.972 bits per heavy atom. The number of fused-ring (bicyclic) bond motifs is 1. The van der Waals surface area contributed by atoms with E-state index in [-0.39, 0.29) is 17.2 Å². The number of nitriles is 1. The molecular weight excluding hydrogens is 452 g/mol. The number of anilines is 1. The molecule has 5 rings (SSSR count). The number of aromatic nitrogens is 5. The smallest absolute Gasteiger partial charge is 0.254 e. The molecule has 1 aromatic carbocycles. The zero-order valence-corrected chi connectivity index (χ0v) is 19.9. The van der Waals surface area contributed by atoms with E-state index < -0.39 is 0 Å². The Hall–Kier alpha value is -5.10. The van der Waals surface area contributed by atoms with Crippen LogP contribution in [0.1, 0.15) is 35.5 Å². The maximum absolute atomic E-state index is 12.5. The van der Waals surface area contributed by atoms with Gasteiger partial charge in [0.25, 0.3) is 5.91 Å². The van der Waals surface area contributed by atoms with Gasteiger partial charge in [0.05, 0.1) is 11.1 Å². The van der Waals surface area contributed by atoms with E-state index in [2.05, 4.69) is 20.3 Å². The van der Waals surface area contributed by atoms with E-state index in [0.29, 0.717) is 29.4 Å². The normalized spacial score (nSPS) is 10.2. The lowest BCUT2D eigenvalue weighted by molar-refractivity contribution is 0.0950. The summed E-state index contributed by atoms with van der Waals surface area (Å²) in [7, 11) is 0. The number of hydrogen-bond donors (Lipinski definition) is 2. The molecule has 0 spiro atoms. The average Bonchev–Trinajstić information content (AvgIpc) is 3.32. The quantitative estimate of drug-likeness (QED) is 0.386. The third-order valence-corrected chi connectivity index (χ3v) is 5.30. The van der Waals surface area contributed by atoms with Crippen LogP contribution in [0.2, 0.25) is 0 Å². The summed E-state index contributed by atoms with van der Waals surface area (Å²) < 4.78 is 1.93. The van der Waals surface area contributed by atoms with Crippen LogP contribution in [0.4, 0.5) is 5.82 Å². The Morgan fingerprint density at radius 2 is 1.67 bits per heavy atom. The summed E-state index contributed by atoms with van der Waals surface area (Å²) in [5, 5.41) is 12.0. The molecule has 9 nitrogen and oxygen atoms in total. The zero-order chi connectivity index (χ0) is 25.5. The number of nitrogen functional groups attached to an aromatic ring is 1. The van der Waals surface area contributed by atoms with Crippen molar-refractivity contribution in [3.05, 3.63) is 96.1 Å². The first-order valence-corrected chi connectivity index (χ1v) is 11.4. The molecule has 9 heteroatoms. The van der Waals surface area contributed by atoms with Crippen molar-refractivity contribution >= 4 is 22.9 Å².